The predicted molar refractivity (Wildman–Crippen MR) is 70.3 cm³/mol. The van der Waals surface area contributed by atoms with Gasteiger partial charge in [0, 0.05) is 32.2 Å². The molecule has 3 nitrogen and oxygen atoms in total. The highest BCUT2D eigenvalue weighted by Gasteiger charge is 2.29. The highest BCUT2D eigenvalue weighted by molar-refractivity contribution is 6.30. The molecule has 1 saturated heterocycles. The Morgan fingerprint density at radius 1 is 1.24 bits per heavy atom. The fraction of sp³-hybridized carbons (Fsp3) is 0.923. The van der Waals surface area contributed by atoms with Gasteiger partial charge in [-0.3, -0.25) is 9.69 Å². The number of amides is 1. The molecule has 0 spiro atoms. The van der Waals surface area contributed by atoms with E-state index in [1.165, 1.54) is 25.7 Å². The quantitative estimate of drug-likeness (QED) is 0.724. The zero-order chi connectivity index (χ0) is 12.3. The van der Waals surface area contributed by atoms with E-state index in [0.29, 0.717) is 0 Å². The van der Waals surface area contributed by atoms with Crippen LogP contribution in [0.3, 0.4) is 0 Å². The van der Waals surface area contributed by atoms with Gasteiger partial charge in [-0.2, -0.15) is 0 Å². The minimum Gasteiger partial charge on any atom is -0.339 e. The molecular formula is C13H23ClN2O. The Morgan fingerprint density at radius 3 is 2.35 bits per heavy atom. The summed E-state index contributed by atoms with van der Waals surface area (Å²) in [6.45, 7) is 5.74. The van der Waals surface area contributed by atoms with Gasteiger partial charge in [-0.1, -0.05) is 19.8 Å². The number of carbonyl (C=O) groups excluding carboxylic acids is 1. The Balaban J connectivity index is 1.79. The van der Waals surface area contributed by atoms with Gasteiger partial charge in [0.2, 0.25) is 5.91 Å². The summed E-state index contributed by atoms with van der Waals surface area (Å²) in [4.78, 5) is 16.4. The molecule has 1 saturated carbocycles. The zero-order valence-corrected chi connectivity index (χ0v) is 11.5. The van der Waals surface area contributed by atoms with Crippen molar-refractivity contribution in [2.24, 2.45) is 0 Å². The molecule has 4 heteroatoms. The van der Waals surface area contributed by atoms with Crippen LogP contribution in [0.25, 0.3) is 0 Å². The highest BCUT2D eigenvalue weighted by atomic mass is 35.5. The van der Waals surface area contributed by atoms with Gasteiger partial charge in [0.1, 0.15) is 5.38 Å². The maximum atomic E-state index is 11.9. The van der Waals surface area contributed by atoms with Crippen molar-refractivity contribution in [2.75, 3.05) is 26.2 Å². The topological polar surface area (TPSA) is 23.6 Å². The molecule has 0 bridgehead atoms. The molecule has 0 aromatic heterocycles. The summed E-state index contributed by atoms with van der Waals surface area (Å²) in [6, 6.07) is 0.783. The molecule has 1 heterocycles. The van der Waals surface area contributed by atoms with Crippen molar-refractivity contribution in [3.05, 3.63) is 0 Å². The minimum absolute atomic E-state index is 0.125. The van der Waals surface area contributed by atoms with Gasteiger partial charge < -0.3 is 4.90 Å². The van der Waals surface area contributed by atoms with Crippen LogP contribution in [-0.4, -0.2) is 53.3 Å². The average Bonchev–Trinajstić information content (AvgIpc) is 2.91. The summed E-state index contributed by atoms with van der Waals surface area (Å²) in [6.07, 6.45) is 6.18. The molecule has 2 aliphatic rings. The maximum Gasteiger partial charge on any atom is 0.240 e. The number of halogens is 1. The number of carbonyl (C=O) groups is 1. The van der Waals surface area contributed by atoms with Crippen molar-refractivity contribution in [1.29, 1.82) is 0 Å². The van der Waals surface area contributed by atoms with E-state index in [4.69, 9.17) is 11.6 Å². The highest BCUT2D eigenvalue weighted by Crippen LogP contribution is 2.24. The number of piperazine rings is 1. The second-order valence-electron chi connectivity index (χ2n) is 5.18. The Morgan fingerprint density at radius 2 is 1.82 bits per heavy atom. The van der Waals surface area contributed by atoms with Crippen molar-refractivity contribution in [1.82, 2.24) is 9.80 Å². The smallest absolute Gasteiger partial charge is 0.240 e. The summed E-state index contributed by atoms with van der Waals surface area (Å²) >= 11 is 6.01. The largest absolute Gasteiger partial charge is 0.339 e. The molecule has 1 atom stereocenters. The molecule has 1 aliphatic carbocycles. The molecule has 1 unspecified atom stereocenters. The maximum absolute atomic E-state index is 11.9. The van der Waals surface area contributed by atoms with Gasteiger partial charge in [0.15, 0.2) is 0 Å². The summed E-state index contributed by atoms with van der Waals surface area (Å²) < 4.78 is 0. The molecule has 0 radical (unpaired) electrons. The normalized spacial score (nSPS) is 25.2. The minimum atomic E-state index is -0.326. The van der Waals surface area contributed by atoms with E-state index in [0.717, 1.165) is 38.6 Å². The standard InChI is InChI=1S/C13H23ClN2O/c1-2-12(14)13(17)16-9-7-15(8-10-16)11-5-3-4-6-11/h11-12H,2-10H2,1H3. The lowest BCUT2D eigenvalue weighted by Crippen LogP contribution is -2.52. The summed E-state index contributed by atoms with van der Waals surface area (Å²) in [7, 11) is 0. The Kier molecular flexibility index (Phi) is 4.69. The fourth-order valence-corrected chi connectivity index (χ4v) is 3.09. The first kappa shape index (κ1) is 13.2. The van der Waals surface area contributed by atoms with Gasteiger partial charge >= 0.3 is 0 Å². The predicted octanol–water partition coefficient (Wildman–Crippen LogP) is 2.09. The van der Waals surface area contributed by atoms with Gasteiger partial charge in [-0.15, -0.1) is 11.6 Å². The molecular weight excluding hydrogens is 236 g/mol. The molecule has 0 aromatic carbocycles. The van der Waals surface area contributed by atoms with E-state index in [2.05, 4.69) is 4.90 Å². The lowest BCUT2D eigenvalue weighted by Gasteiger charge is -2.38. The summed E-state index contributed by atoms with van der Waals surface area (Å²) in [5, 5.41) is -0.326. The van der Waals surface area contributed by atoms with E-state index in [-0.39, 0.29) is 11.3 Å². The molecule has 1 amide bonds. The number of nitrogens with zero attached hydrogens (tertiary/aromatic N) is 2. The van der Waals surface area contributed by atoms with E-state index in [1.54, 1.807) is 0 Å². The van der Waals surface area contributed by atoms with Crippen molar-refractivity contribution in [2.45, 2.75) is 50.4 Å². The van der Waals surface area contributed by atoms with Gasteiger partial charge in [0.25, 0.3) is 0 Å². The molecule has 17 heavy (non-hydrogen) atoms. The van der Waals surface area contributed by atoms with Crippen molar-refractivity contribution in [3.63, 3.8) is 0 Å². The lowest BCUT2D eigenvalue weighted by atomic mass is 10.1. The van der Waals surface area contributed by atoms with E-state index in [1.807, 2.05) is 11.8 Å². The number of hydrogen-bond acceptors (Lipinski definition) is 2. The first-order valence-electron chi connectivity index (χ1n) is 6.89. The molecule has 2 fully saturated rings. The SMILES string of the molecule is CCC(Cl)C(=O)N1CCN(C2CCCC2)CC1. The van der Waals surface area contributed by atoms with Crippen molar-refractivity contribution < 1.29 is 4.79 Å². The third-order valence-electron chi connectivity index (χ3n) is 4.09. The molecule has 98 valence electrons. The van der Waals surface area contributed by atoms with Gasteiger partial charge in [-0.25, -0.2) is 0 Å². The Hall–Kier alpha value is -0.280. The van der Waals surface area contributed by atoms with Crippen LogP contribution in [0.15, 0.2) is 0 Å². The van der Waals surface area contributed by atoms with Crippen LogP contribution in [0.1, 0.15) is 39.0 Å². The Labute approximate surface area is 109 Å². The van der Waals surface area contributed by atoms with Crippen LogP contribution in [0, 0.1) is 0 Å². The zero-order valence-electron chi connectivity index (χ0n) is 10.7. The van der Waals surface area contributed by atoms with Gasteiger partial charge in [0.05, 0.1) is 0 Å². The van der Waals surface area contributed by atoms with Crippen LogP contribution in [0.2, 0.25) is 0 Å². The van der Waals surface area contributed by atoms with Crippen LogP contribution in [0.5, 0.6) is 0 Å². The van der Waals surface area contributed by atoms with E-state index in [9.17, 15) is 4.79 Å². The second kappa shape index (κ2) is 6.05. The van der Waals surface area contributed by atoms with Crippen LogP contribution in [0.4, 0.5) is 0 Å². The Bertz CT molecular complexity index is 258. The van der Waals surface area contributed by atoms with Crippen molar-refractivity contribution >= 4 is 17.5 Å². The second-order valence-corrected chi connectivity index (χ2v) is 5.70. The number of rotatable bonds is 3. The van der Waals surface area contributed by atoms with E-state index >= 15 is 0 Å². The van der Waals surface area contributed by atoms with Crippen molar-refractivity contribution in [3.8, 4) is 0 Å². The van der Waals surface area contributed by atoms with E-state index < -0.39 is 0 Å². The molecule has 1 aliphatic heterocycles. The molecule has 2 rings (SSSR count). The molecule has 0 aromatic rings. The third kappa shape index (κ3) is 3.14. The third-order valence-corrected chi connectivity index (χ3v) is 4.59. The monoisotopic (exact) mass is 258 g/mol. The lowest BCUT2D eigenvalue weighted by molar-refractivity contribution is -0.132. The first-order chi connectivity index (χ1) is 8.22. The summed E-state index contributed by atoms with van der Waals surface area (Å²) in [5.74, 6) is 0.125. The summed E-state index contributed by atoms with van der Waals surface area (Å²) in [5.41, 5.74) is 0. The van der Waals surface area contributed by atoms with Crippen LogP contribution in [-0.2, 0) is 4.79 Å². The number of alkyl halides is 1. The fourth-order valence-electron chi connectivity index (χ4n) is 2.95. The van der Waals surface area contributed by atoms with Crippen LogP contribution < -0.4 is 0 Å². The van der Waals surface area contributed by atoms with Gasteiger partial charge in [-0.05, 0) is 19.3 Å². The first-order valence-corrected chi connectivity index (χ1v) is 7.33. The van der Waals surface area contributed by atoms with Crippen LogP contribution >= 0.6 is 11.6 Å². The number of hydrogen-bond donors (Lipinski definition) is 0. The average molecular weight is 259 g/mol. The molecule has 0 N–H and O–H groups in total.